The topological polar surface area (TPSA) is 105 Å². The molecule has 1 amide bonds. The van der Waals surface area contributed by atoms with Crippen LogP contribution in [0.2, 0.25) is 5.02 Å². The number of hydrogen-bond donors (Lipinski definition) is 1. The Morgan fingerprint density at radius 2 is 2.10 bits per heavy atom. The quantitative estimate of drug-likeness (QED) is 0.664. The minimum absolute atomic E-state index is 0.00663. The first kappa shape index (κ1) is 15.7. The van der Waals surface area contributed by atoms with Crippen LogP contribution in [0.15, 0.2) is 12.1 Å². The Labute approximate surface area is 120 Å². The van der Waals surface area contributed by atoms with Crippen molar-refractivity contribution in [1.82, 2.24) is 0 Å². The number of hydrogen-bond acceptors (Lipinski definition) is 5. The zero-order valence-electron chi connectivity index (χ0n) is 11.1. The molecule has 7 nitrogen and oxygen atoms in total. The van der Waals surface area contributed by atoms with Gasteiger partial charge in [0.25, 0.3) is 5.69 Å². The van der Waals surface area contributed by atoms with Crippen molar-refractivity contribution >= 4 is 29.1 Å². The van der Waals surface area contributed by atoms with Gasteiger partial charge in [-0.3, -0.25) is 15.4 Å². The fourth-order valence-corrected chi connectivity index (χ4v) is 1.54. The molecule has 1 N–H and O–H groups in total. The number of nitro benzene ring substituents is 1. The van der Waals surface area contributed by atoms with E-state index in [2.05, 4.69) is 5.32 Å². The minimum atomic E-state index is -0.816. The monoisotopic (exact) mass is 297 g/mol. The van der Waals surface area contributed by atoms with Gasteiger partial charge in [0.2, 0.25) is 0 Å². The average molecular weight is 298 g/mol. The number of ether oxygens (including phenoxy) is 1. The zero-order valence-corrected chi connectivity index (χ0v) is 11.8. The van der Waals surface area contributed by atoms with Crippen molar-refractivity contribution < 1.29 is 14.5 Å². The summed E-state index contributed by atoms with van der Waals surface area (Å²) < 4.78 is 5.01. The normalized spacial score (nSPS) is 10.6. The van der Waals surface area contributed by atoms with E-state index < -0.39 is 22.3 Å². The van der Waals surface area contributed by atoms with E-state index in [0.717, 1.165) is 6.07 Å². The van der Waals surface area contributed by atoms with Crippen molar-refractivity contribution in [3.8, 4) is 6.07 Å². The number of nitriles is 1. The van der Waals surface area contributed by atoms with Gasteiger partial charge in [0.05, 0.1) is 22.2 Å². The summed E-state index contributed by atoms with van der Waals surface area (Å²) in [7, 11) is 0. The number of nitro groups is 1. The molecule has 0 heterocycles. The number of halogens is 1. The molecular formula is C12H12ClN3O4. The summed E-state index contributed by atoms with van der Waals surface area (Å²) in [6.45, 7) is 5.01. The molecule has 0 saturated carbocycles. The first-order valence-electron chi connectivity index (χ1n) is 5.52. The number of rotatable bonds is 2. The first-order valence-corrected chi connectivity index (χ1v) is 5.90. The van der Waals surface area contributed by atoms with Crippen LogP contribution >= 0.6 is 11.6 Å². The third kappa shape index (κ3) is 4.10. The highest BCUT2D eigenvalue weighted by atomic mass is 35.5. The predicted molar refractivity (Wildman–Crippen MR) is 72.7 cm³/mol. The van der Waals surface area contributed by atoms with Crippen LogP contribution in [0, 0.1) is 21.4 Å². The third-order valence-electron chi connectivity index (χ3n) is 2.01. The molecule has 1 rings (SSSR count). The maximum atomic E-state index is 11.6. The summed E-state index contributed by atoms with van der Waals surface area (Å²) in [6.07, 6.45) is -0.816. The lowest BCUT2D eigenvalue weighted by Gasteiger charge is -2.20. The average Bonchev–Trinajstić information content (AvgIpc) is 2.28. The molecule has 0 radical (unpaired) electrons. The summed E-state index contributed by atoms with van der Waals surface area (Å²) in [5, 5.41) is 21.7. The molecule has 0 saturated heterocycles. The largest absolute Gasteiger partial charge is 0.444 e. The summed E-state index contributed by atoms with van der Waals surface area (Å²) in [5.74, 6) is 0. The Balaban J connectivity index is 3.13. The highest BCUT2D eigenvalue weighted by Gasteiger charge is 2.22. The van der Waals surface area contributed by atoms with Gasteiger partial charge in [0.15, 0.2) is 0 Å². The number of nitrogens with zero attached hydrogens (tertiary/aromatic N) is 2. The van der Waals surface area contributed by atoms with E-state index in [0.29, 0.717) is 0 Å². The molecule has 0 unspecified atom stereocenters. The van der Waals surface area contributed by atoms with Gasteiger partial charge in [0, 0.05) is 6.07 Å². The molecule has 1 aromatic carbocycles. The molecule has 0 spiro atoms. The number of amides is 1. The van der Waals surface area contributed by atoms with Crippen molar-refractivity contribution in [1.29, 1.82) is 5.26 Å². The van der Waals surface area contributed by atoms with Gasteiger partial charge in [-0.25, -0.2) is 4.79 Å². The molecule has 0 aliphatic heterocycles. The molecule has 1 aromatic rings. The SMILES string of the molecule is CC(C)(C)OC(=O)Nc1cc(C#N)cc([N+](=O)[O-])c1Cl. The lowest BCUT2D eigenvalue weighted by atomic mass is 10.2. The highest BCUT2D eigenvalue weighted by Crippen LogP contribution is 2.33. The molecule has 8 heteroatoms. The van der Waals surface area contributed by atoms with Crippen LogP contribution in [-0.2, 0) is 4.74 Å². The molecule has 0 aromatic heterocycles. The molecule has 20 heavy (non-hydrogen) atoms. The van der Waals surface area contributed by atoms with Gasteiger partial charge in [-0.2, -0.15) is 5.26 Å². The Kier molecular flexibility index (Phi) is 4.53. The minimum Gasteiger partial charge on any atom is -0.444 e. The molecular weight excluding hydrogens is 286 g/mol. The van der Waals surface area contributed by atoms with E-state index in [4.69, 9.17) is 21.6 Å². The van der Waals surface area contributed by atoms with Gasteiger partial charge in [-0.15, -0.1) is 0 Å². The summed E-state index contributed by atoms with van der Waals surface area (Å²) in [4.78, 5) is 21.7. The molecule has 0 fully saturated rings. The Morgan fingerprint density at radius 3 is 2.55 bits per heavy atom. The van der Waals surface area contributed by atoms with E-state index in [1.54, 1.807) is 26.8 Å². The van der Waals surface area contributed by atoms with E-state index in [9.17, 15) is 14.9 Å². The lowest BCUT2D eigenvalue weighted by Crippen LogP contribution is -2.27. The van der Waals surface area contributed by atoms with E-state index in [-0.39, 0.29) is 16.3 Å². The second-order valence-electron chi connectivity index (χ2n) is 4.85. The maximum absolute atomic E-state index is 11.6. The van der Waals surface area contributed by atoms with Crippen molar-refractivity contribution in [2.75, 3.05) is 5.32 Å². The number of anilines is 1. The van der Waals surface area contributed by atoms with Crippen molar-refractivity contribution in [3.63, 3.8) is 0 Å². The second-order valence-corrected chi connectivity index (χ2v) is 5.23. The van der Waals surface area contributed by atoms with Gasteiger partial charge < -0.3 is 4.74 Å². The zero-order chi connectivity index (χ0) is 15.5. The fourth-order valence-electron chi connectivity index (χ4n) is 1.31. The standard InChI is InChI=1S/C12H12ClN3O4/c1-12(2,3)20-11(17)15-8-4-7(6-14)5-9(10(8)13)16(18)19/h4-5H,1-3H3,(H,15,17). The third-order valence-corrected chi connectivity index (χ3v) is 2.41. The van der Waals surface area contributed by atoms with E-state index in [1.165, 1.54) is 6.07 Å². The molecule has 0 aliphatic carbocycles. The van der Waals surface area contributed by atoms with Crippen LogP contribution in [0.5, 0.6) is 0 Å². The summed E-state index contributed by atoms with van der Waals surface area (Å²) in [6, 6.07) is 4.02. The highest BCUT2D eigenvalue weighted by molar-refractivity contribution is 6.35. The summed E-state index contributed by atoms with van der Waals surface area (Å²) >= 11 is 5.83. The Bertz CT molecular complexity index is 602. The van der Waals surface area contributed by atoms with E-state index in [1.807, 2.05) is 0 Å². The Hall–Kier alpha value is -2.33. The lowest BCUT2D eigenvalue weighted by molar-refractivity contribution is -0.384. The van der Waals surface area contributed by atoms with Crippen molar-refractivity contribution in [2.24, 2.45) is 0 Å². The predicted octanol–water partition coefficient (Wildman–Crippen LogP) is 3.47. The van der Waals surface area contributed by atoms with Gasteiger partial charge in [0.1, 0.15) is 10.6 Å². The first-order chi connectivity index (χ1) is 9.14. The van der Waals surface area contributed by atoms with Gasteiger partial charge in [-0.05, 0) is 26.8 Å². The Morgan fingerprint density at radius 1 is 1.50 bits per heavy atom. The van der Waals surface area contributed by atoms with Crippen LogP contribution in [0.3, 0.4) is 0 Å². The van der Waals surface area contributed by atoms with Crippen molar-refractivity contribution in [3.05, 3.63) is 32.8 Å². The number of carbonyl (C=O) groups is 1. The smallest absolute Gasteiger partial charge is 0.412 e. The van der Waals surface area contributed by atoms with Gasteiger partial charge >= 0.3 is 6.09 Å². The van der Waals surface area contributed by atoms with Gasteiger partial charge in [-0.1, -0.05) is 11.6 Å². The van der Waals surface area contributed by atoms with Crippen LogP contribution in [0.4, 0.5) is 16.2 Å². The molecule has 0 aliphatic rings. The van der Waals surface area contributed by atoms with Crippen LogP contribution in [0.1, 0.15) is 26.3 Å². The molecule has 0 atom stereocenters. The van der Waals surface area contributed by atoms with E-state index >= 15 is 0 Å². The number of benzene rings is 1. The van der Waals surface area contributed by atoms with Crippen molar-refractivity contribution in [2.45, 2.75) is 26.4 Å². The second kappa shape index (κ2) is 5.75. The fraction of sp³-hybridized carbons (Fsp3) is 0.333. The number of nitrogens with one attached hydrogen (secondary N) is 1. The molecule has 0 bridgehead atoms. The van der Waals surface area contributed by atoms with Crippen LogP contribution in [0.25, 0.3) is 0 Å². The molecule has 106 valence electrons. The summed E-state index contributed by atoms with van der Waals surface area (Å²) in [5.41, 5.74) is -1.23. The van der Waals surface area contributed by atoms with Crippen LogP contribution in [-0.4, -0.2) is 16.6 Å². The van der Waals surface area contributed by atoms with Crippen LogP contribution < -0.4 is 5.32 Å². The maximum Gasteiger partial charge on any atom is 0.412 e. The number of carbonyl (C=O) groups excluding carboxylic acids is 1.